The molecule has 1 aromatic heterocycles. The highest BCUT2D eigenvalue weighted by Crippen LogP contribution is 2.29. The van der Waals surface area contributed by atoms with Crippen LogP contribution in [0, 0.1) is 20.2 Å². The molecule has 0 unspecified atom stereocenters. The van der Waals surface area contributed by atoms with E-state index < -0.39 is 9.85 Å². The molecule has 0 aliphatic carbocycles. The lowest BCUT2D eigenvalue weighted by atomic mass is 9.96. The molecule has 0 aliphatic rings. The number of aromatic nitrogens is 1. The van der Waals surface area contributed by atoms with Crippen molar-refractivity contribution in [2.24, 2.45) is 0 Å². The first kappa shape index (κ1) is 23.0. The predicted molar refractivity (Wildman–Crippen MR) is 133 cm³/mol. The molecule has 1 heterocycles. The van der Waals surface area contributed by atoms with Crippen molar-refractivity contribution in [3.63, 3.8) is 0 Å². The van der Waals surface area contributed by atoms with Gasteiger partial charge in [-0.2, -0.15) is 0 Å². The Bertz CT molecular complexity index is 1450. The van der Waals surface area contributed by atoms with E-state index in [1.807, 2.05) is 12.1 Å². The van der Waals surface area contributed by atoms with Crippen LogP contribution in [0.1, 0.15) is 11.1 Å². The fraction of sp³-hybridized carbons (Fsp3) is 0. The molecule has 4 aromatic rings. The molecule has 0 saturated carbocycles. The highest BCUT2D eigenvalue weighted by Gasteiger charge is 2.13. The second-order valence-electron chi connectivity index (χ2n) is 7.45. The minimum Gasteiger partial charge on any atom is -0.322 e. The Balaban J connectivity index is 1.67. The van der Waals surface area contributed by atoms with Gasteiger partial charge >= 0.3 is 0 Å². The molecule has 0 spiro atoms. The average Bonchev–Trinajstić information content (AvgIpc) is 2.87. The number of nitrogens with one attached hydrogen (secondary N) is 1. The van der Waals surface area contributed by atoms with Crippen LogP contribution in [0.15, 0.2) is 103 Å². The van der Waals surface area contributed by atoms with Crippen molar-refractivity contribution in [3.05, 3.63) is 135 Å². The SMILES string of the molecule is O=C(/C=C/C=C(c1cccc([N+](=O)[O-])c1)c1cccc([N+](=O)[O-])c1)Nc1cccc2cnccc12. The Labute approximate surface area is 199 Å². The lowest BCUT2D eigenvalue weighted by Crippen LogP contribution is -2.08. The molecule has 0 bridgehead atoms. The number of nitro groups is 2. The van der Waals surface area contributed by atoms with Crippen LogP contribution >= 0.6 is 0 Å². The van der Waals surface area contributed by atoms with Crippen molar-refractivity contribution >= 4 is 39.3 Å². The maximum Gasteiger partial charge on any atom is 0.270 e. The molecule has 3 aromatic carbocycles. The summed E-state index contributed by atoms with van der Waals surface area (Å²) in [5, 5.41) is 27.1. The van der Waals surface area contributed by atoms with E-state index in [9.17, 15) is 25.0 Å². The Morgan fingerprint density at radius 2 is 1.49 bits per heavy atom. The maximum absolute atomic E-state index is 12.6. The number of rotatable bonds is 7. The number of nitro benzene ring substituents is 2. The molecule has 1 amide bonds. The van der Waals surface area contributed by atoms with E-state index in [2.05, 4.69) is 10.3 Å². The van der Waals surface area contributed by atoms with Crippen molar-refractivity contribution in [1.82, 2.24) is 4.98 Å². The van der Waals surface area contributed by atoms with E-state index in [-0.39, 0.29) is 17.3 Å². The zero-order valence-corrected chi connectivity index (χ0v) is 18.2. The van der Waals surface area contributed by atoms with Crippen LogP contribution in [0.5, 0.6) is 0 Å². The largest absolute Gasteiger partial charge is 0.322 e. The standard InChI is InChI=1S/C26H18N4O5/c31-26(28-25-11-3-7-20-17-27-14-13-24(20)25)12-4-10-23(18-5-1-8-21(15-18)29(32)33)19-6-2-9-22(16-19)30(34)35/h1-17H,(H,28,31)/b12-4+. The van der Waals surface area contributed by atoms with Gasteiger partial charge in [-0.25, -0.2) is 0 Å². The molecule has 4 rings (SSSR count). The van der Waals surface area contributed by atoms with Gasteiger partial charge in [-0.1, -0.05) is 48.6 Å². The Morgan fingerprint density at radius 3 is 2.11 bits per heavy atom. The first-order valence-electron chi connectivity index (χ1n) is 10.4. The Hall–Kier alpha value is -5.18. The normalized spacial score (nSPS) is 10.7. The number of hydrogen-bond donors (Lipinski definition) is 1. The summed E-state index contributed by atoms with van der Waals surface area (Å²) in [6.07, 6.45) is 7.74. The molecule has 0 aliphatic heterocycles. The second-order valence-corrected chi connectivity index (χ2v) is 7.45. The number of non-ortho nitro benzene ring substituents is 2. The van der Waals surface area contributed by atoms with Gasteiger partial charge in [-0.15, -0.1) is 0 Å². The minimum atomic E-state index is -0.516. The maximum atomic E-state index is 12.6. The highest BCUT2D eigenvalue weighted by molar-refractivity contribution is 6.06. The van der Waals surface area contributed by atoms with E-state index in [0.717, 1.165) is 10.8 Å². The summed E-state index contributed by atoms with van der Waals surface area (Å²) in [7, 11) is 0. The van der Waals surface area contributed by atoms with Crippen LogP contribution in [-0.4, -0.2) is 20.7 Å². The summed E-state index contributed by atoms with van der Waals surface area (Å²) in [5.41, 5.74) is 1.83. The molecule has 0 radical (unpaired) electrons. The third-order valence-corrected chi connectivity index (χ3v) is 5.19. The van der Waals surface area contributed by atoms with Gasteiger partial charge < -0.3 is 5.32 Å². The van der Waals surface area contributed by atoms with Gasteiger partial charge in [0.15, 0.2) is 0 Å². The van der Waals surface area contributed by atoms with E-state index in [0.29, 0.717) is 22.4 Å². The molecule has 0 fully saturated rings. The Kier molecular flexibility index (Phi) is 6.68. The summed E-state index contributed by atoms with van der Waals surface area (Å²) >= 11 is 0. The van der Waals surface area contributed by atoms with Crippen molar-refractivity contribution < 1.29 is 14.6 Å². The van der Waals surface area contributed by atoms with Gasteiger partial charge in [0.05, 0.1) is 9.85 Å². The summed E-state index contributed by atoms with van der Waals surface area (Å²) in [6, 6.07) is 19.1. The third-order valence-electron chi connectivity index (χ3n) is 5.19. The van der Waals surface area contributed by atoms with Crippen molar-refractivity contribution in [2.75, 3.05) is 5.32 Å². The fourth-order valence-corrected chi connectivity index (χ4v) is 3.57. The molecule has 9 nitrogen and oxygen atoms in total. The van der Waals surface area contributed by atoms with Gasteiger partial charge in [0.1, 0.15) is 0 Å². The van der Waals surface area contributed by atoms with Crippen LogP contribution in [0.4, 0.5) is 17.1 Å². The topological polar surface area (TPSA) is 128 Å². The zero-order chi connectivity index (χ0) is 24.8. The van der Waals surface area contributed by atoms with Crippen LogP contribution in [0.3, 0.4) is 0 Å². The van der Waals surface area contributed by atoms with Gasteiger partial charge in [0, 0.05) is 59.2 Å². The number of hydrogen-bond acceptors (Lipinski definition) is 6. The van der Waals surface area contributed by atoms with Crippen LogP contribution in [0.2, 0.25) is 0 Å². The summed E-state index contributed by atoms with van der Waals surface area (Å²) in [6.45, 7) is 0. The number of anilines is 1. The molecule has 0 saturated heterocycles. The quantitative estimate of drug-likeness (QED) is 0.162. The first-order valence-corrected chi connectivity index (χ1v) is 10.4. The number of fused-ring (bicyclic) bond motifs is 1. The van der Waals surface area contributed by atoms with Crippen LogP contribution in [0.25, 0.3) is 16.3 Å². The van der Waals surface area contributed by atoms with E-state index in [1.165, 1.54) is 48.6 Å². The van der Waals surface area contributed by atoms with Gasteiger partial charge in [-0.05, 0) is 28.8 Å². The number of carbonyl (C=O) groups is 1. The second kappa shape index (κ2) is 10.2. The number of pyridine rings is 1. The van der Waals surface area contributed by atoms with Crippen molar-refractivity contribution in [3.8, 4) is 0 Å². The zero-order valence-electron chi connectivity index (χ0n) is 18.2. The van der Waals surface area contributed by atoms with Gasteiger partial charge in [-0.3, -0.25) is 30.0 Å². The summed E-state index contributed by atoms with van der Waals surface area (Å²) in [5.74, 6) is -0.386. The van der Waals surface area contributed by atoms with Crippen molar-refractivity contribution in [1.29, 1.82) is 0 Å². The smallest absolute Gasteiger partial charge is 0.270 e. The average molecular weight is 466 g/mol. The molecular formula is C26H18N4O5. The summed E-state index contributed by atoms with van der Waals surface area (Å²) < 4.78 is 0. The van der Waals surface area contributed by atoms with Gasteiger partial charge in [0.2, 0.25) is 5.91 Å². The molecule has 172 valence electrons. The van der Waals surface area contributed by atoms with Crippen molar-refractivity contribution in [2.45, 2.75) is 0 Å². The van der Waals surface area contributed by atoms with Crippen LogP contribution in [-0.2, 0) is 4.79 Å². The Morgan fingerprint density at radius 1 is 0.857 bits per heavy atom. The lowest BCUT2D eigenvalue weighted by molar-refractivity contribution is -0.385. The number of nitrogens with zero attached hydrogens (tertiary/aromatic N) is 3. The van der Waals surface area contributed by atoms with E-state index >= 15 is 0 Å². The number of allylic oxidation sites excluding steroid dienone is 2. The molecule has 35 heavy (non-hydrogen) atoms. The van der Waals surface area contributed by atoms with E-state index in [4.69, 9.17) is 0 Å². The fourth-order valence-electron chi connectivity index (χ4n) is 3.57. The number of benzene rings is 3. The number of amides is 1. The monoisotopic (exact) mass is 466 g/mol. The van der Waals surface area contributed by atoms with Gasteiger partial charge in [0.25, 0.3) is 11.4 Å². The van der Waals surface area contributed by atoms with Crippen LogP contribution < -0.4 is 5.32 Å². The van der Waals surface area contributed by atoms with E-state index in [1.54, 1.807) is 42.7 Å². The lowest BCUT2D eigenvalue weighted by Gasteiger charge is -2.08. The molecule has 1 N–H and O–H groups in total. The molecule has 9 heteroatoms. The number of carbonyl (C=O) groups excluding carboxylic acids is 1. The highest BCUT2D eigenvalue weighted by atomic mass is 16.6. The summed E-state index contributed by atoms with van der Waals surface area (Å²) in [4.78, 5) is 38.1. The first-order chi connectivity index (χ1) is 16.9. The predicted octanol–water partition coefficient (Wildman–Crippen LogP) is 5.68. The molecular weight excluding hydrogens is 448 g/mol. The third kappa shape index (κ3) is 5.42. The molecule has 0 atom stereocenters. The minimum absolute atomic E-state index is 0.119.